The first-order valence-corrected chi connectivity index (χ1v) is 11.0. The first kappa shape index (κ1) is 27.5. The van der Waals surface area contributed by atoms with E-state index < -0.39 is 52.2 Å². The summed E-state index contributed by atoms with van der Waals surface area (Å²) in [6.45, 7) is 3.93. The molecule has 0 radical (unpaired) electrons. The highest BCUT2D eigenvalue weighted by Gasteiger charge is 2.34. The van der Waals surface area contributed by atoms with Gasteiger partial charge in [-0.05, 0) is 59.5 Å². The molecule has 0 heterocycles. The van der Waals surface area contributed by atoms with E-state index in [4.69, 9.17) is 5.73 Å². The molecule has 0 aliphatic heterocycles. The summed E-state index contributed by atoms with van der Waals surface area (Å²) in [5, 5.41) is 0. The van der Waals surface area contributed by atoms with Crippen LogP contribution in [0.5, 0.6) is 0 Å². The van der Waals surface area contributed by atoms with Crippen LogP contribution in [0.15, 0.2) is 78.4 Å². The van der Waals surface area contributed by atoms with Crippen LogP contribution in [0, 0.1) is 0 Å². The zero-order valence-corrected chi connectivity index (χ0v) is 19.7. The van der Waals surface area contributed by atoms with Crippen LogP contribution in [0.1, 0.15) is 42.0 Å². The molecule has 10 heteroatoms. The third kappa shape index (κ3) is 6.58. The molecule has 3 aromatic carbocycles. The summed E-state index contributed by atoms with van der Waals surface area (Å²) in [5.41, 5.74) is 3.09. The normalized spacial score (nSPS) is 12.5. The second-order valence-electron chi connectivity index (χ2n) is 8.48. The Morgan fingerprint density at radius 1 is 0.784 bits per heavy atom. The summed E-state index contributed by atoms with van der Waals surface area (Å²) in [4.78, 5) is 26.5. The highest BCUT2D eigenvalue weighted by Crippen LogP contribution is 2.37. The quantitative estimate of drug-likeness (QED) is 0.163. The van der Waals surface area contributed by atoms with Crippen LogP contribution in [0.2, 0.25) is 0 Å². The second-order valence-corrected chi connectivity index (χ2v) is 8.48. The molecular formula is C27H22F6N2O2. The Labute approximate surface area is 209 Å². The van der Waals surface area contributed by atoms with E-state index in [2.05, 4.69) is 0 Å². The lowest BCUT2D eigenvalue weighted by molar-refractivity contribution is -0.138. The van der Waals surface area contributed by atoms with Crippen molar-refractivity contribution in [3.05, 3.63) is 101 Å². The van der Waals surface area contributed by atoms with Crippen molar-refractivity contribution in [3.8, 4) is 0 Å². The number of rotatable bonds is 6. The minimum atomic E-state index is -4.79. The molecule has 3 rings (SSSR count). The Morgan fingerprint density at radius 2 is 1.24 bits per heavy atom. The SMILES string of the molecule is CC(C)c1ccc(C=C(C(N)=O)C(=O)N(c2cccc(C(F)(F)F)c2)c2cccc(C(F)(F)F)c2)cc1. The maximum Gasteiger partial charge on any atom is 0.416 e. The molecule has 0 aliphatic rings. The molecule has 37 heavy (non-hydrogen) atoms. The number of hydrogen-bond donors (Lipinski definition) is 1. The zero-order chi connectivity index (χ0) is 27.5. The van der Waals surface area contributed by atoms with Crippen molar-refractivity contribution in [2.45, 2.75) is 32.1 Å². The van der Waals surface area contributed by atoms with Gasteiger partial charge < -0.3 is 5.73 Å². The molecule has 0 aliphatic carbocycles. The number of carbonyl (C=O) groups is 2. The van der Waals surface area contributed by atoms with E-state index in [-0.39, 0.29) is 5.92 Å². The summed E-state index contributed by atoms with van der Waals surface area (Å²) >= 11 is 0. The molecule has 2 amide bonds. The van der Waals surface area contributed by atoms with Crippen molar-refractivity contribution in [2.75, 3.05) is 4.90 Å². The van der Waals surface area contributed by atoms with Gasteiger partial charge in [-0.15, -0.1) is 0 Å². The number of halogens is 6. The third-order valence-electron chi connectivity index (χ3n) is 5.48. The number of hydrogen-bond acceptors (Lipinski definition) is 2. The molecule has 0 fully saturated rings. The molecule has 0 unspecified atom stereocenters. The molecule has 4 nitrogen and oxygen atoms in total. The fourth-order valence-electron chi connectivity index (χ4n) is 3.53. The zero-order valence-electron chi connectivity index (χ0n) is 19.7. The lowest BCUT2D eigenvalue weighted by Gasteiger charge is -2.25. The fraction of sp³-hybridized carbons (Fsp3) is 0.185. The maximum atomic E-state index is 13.6. The smallest absolute Gasteiger partial charge is 0.365 e. The third-order valence-corrected chi connectivity index (χ3v) is 5.48. The van der Waals surface area contributed by atoms with Crippen molar-refractivity contribution in [2.24, 2.45) is 5.73 Å². The minimum Gasteiger partial charge on any atom is -0.365 e. The van der Waals surface area contributed by atoms with Gasteiger partial charge in [0, 0.05) is 11.4 Å². The van der Waals surface area contributed by atoms with E-state index in [0.29, 0.717) is 22.6 Å². The first-order chi connectivity index (χ1) is 17.2. The summed E-state index contributed by atoms with van der Waals surface area (Å²) in [7, 11) is 0. The molecule has 0 spiro atoms. The van der Waals surface area contributed by atoms with Gasteiger partial charge in [-0.3, -0.25) is 14.5 Å². The number of nitrogens with zero attached hydrogens (tertiary/aromatic N) is 1. The van der Waals surface area contributed by atoms with Gasteiger partial charge in [-0.2, -0.15) is 26.3 Å². The summed E-state index contributed by atoms with van der Waals surface area (Å²) in [5.74, 6) is -2.20. The van der Waals surface area contributed by atoms with Crippen molar-refractivity contribution in [1.29, 1.82) is 0 Å². The highest BCUT2D eigenvalue weighted by atomic mass is 19.4. The van der Waals surface area contributed by atoms with Gasteiger partial charge in [-0.25, -0.2) is 0 Å². The summed E-state index contributed by atoms with van der Waals surface area (Å²) in [6.07, 6.45) is -8.44. The largest absolute Gasteiger partial charge is 0.416 e. The lowest BCUT2D eigenvalue weighted by Crippen LogP contribution is -2.33. The number of benzene rings is 3. The minimum absolute atomic E-state index is 0.201. The predicted molar refractivity (Wildman–Crippen MR) is 128 cm³/mol. The van der Waals surface area contributed by atoms with Crippen molar-refractivity contribution < 1.29 is 35.9 Å². The van der Waals surface area contributed by atoms with Crippen molar-refractivity contribution in [1.82, 2.24) is 0 Å². The Morgan fingerprint density at radius 3 is 1.62 bits per heavy atom. The van der Waals surface area contributed by atoms with Gasteiger partial charge in [0.15, 0.2) is 0 Å². The topological polar surface area (TPSA) is 63.4 Å². The number of anilines is 2. The van der Waals surface area contributed by atoms with E-state index in [0.717, 1.165) is 48.0 Å². The number of nitrogens with two attached hydrogens (primary N) is 1. The van der Waals surface area contributed by atoms with Gasteiger partial charge >= 0.3 is 12.4 Å². The van der Waals surface area contributed by atoms with Gasteiger partial charge in [0.05, 0.1) is 11.1 Å². The monoisotopic (exact) mass is 520 g/mol. The average Bonchev–Trinajstić information content (AvgIpc) is 2.82. The van der Waals surface area contributed by atoms with Crippen LogP contribution < -0.4 is 10.6 Å². The van der Waals surface area contributed by atoms with Crippen molar-refractivity contribution in [3.63, 3.8) is 0 Å². The maximum absolute atomic E-state index is 13.6. The van der Waals surface area contributed by atoms with Crippen LogP contribution >= 0.6 is 0 Å². The molecule has 3 aromatic rings. The molecule has 0 atom stereocenters. The fourth-order valence-corrected chi connectivity index (χ4v) is 3.53. The van der Waals surface area contributed by atoms with E-state index in [1.54, 1.807) is 24.3 Å². The Kier molecular flexibility index (Phi) is 7.80. The van der Waals surface area contributed by atoms with E-state index in [1.807, 2.05) is 13.8 Å². The van der Waals surface area contributed by atoms with E-state index in [1.165, 1.54) is 0 Å². The van der Waals surface area contributed by atoms with Gasteiger partial charge in [0.1, 0.15) is 5.57 Å². The van der Waals surface area contributed by atoms with Crippen LogP contribution in [0.25, 0.3) is 6.08 Å². The Hall–Kier alpha value is -4.08. The highest BCUT2D eigenvalue weighted by molar-refractivity contribution is 6.27. The Bertz CT molecular complexity index is 1270. The number of alkyl halides is 6. The second kappa shape index (κ2) is 10.5. The van der Waals surface area contributed by atoms with Gasteiger partial charge in [0.25, 0.3) is 11.8 Å². The Balaban J connectivity index is 2.20. The molecule has 0 bridgehead atoms. The van der Waals surface area contributed by atoms with Crippen LogP contribution in [-0.2, 0) is 21.9 Å². The molecule has 0 saturated heterocycles. The summed E-state index contributed by atoms with van der Waals surface area (Å²) < 4.78 is 80.3. The summed E-state index contributed by atoms with van der Waals surface area (Å²) in [6, 6.07) is 13.7. The van der Waals surface area contributed by atoms with Crippen LogP contribution in [-0.4, -0.2) is 11.8 Å². The molecule has 2 N–H and O–H groups in total. The van der Waals surface area contributed by atoms with Gasteiger partial charge in [-0.1, -0.05) is 50.2 Å². The number of amides is 2. The van der Waals surface area contributed by atoms with Crippen LogP contribution in [0.3, 0.4) is 0 Å². The average molecular weight is 520 g/mol. The molecule has 194 valence electrons. The molecular weight excluding hydrogens is 498 g/mol. The molecule has 0 aromatic heterocycles. The van der Waals surface area contributed by atoms with Gasteiger partial charge in [0.2, 0.25) is 0 Å². The van der Waals surface area contributed by atoms with E-state index in [9.17, 15) is 35.9 Å². The lowest BCUT2D eigenvalue weighted by atomic mass is 10.0. The number of carbonyl (C=O) groups excluding carboxylic acids is 2. The first-order valence-electron chi connectivity index (χ1n) is 11.0. The standard InChI is InChI=1S/C27H22F6N2O2/c1-16(2)18-11-9-17(10-12-18)13-23(24(34)36)25(37)35(21-7-3-5-19(14-21)26(28,29)30)22-8-4-6-20(15-22)27(31,32)33/h3-16H,1-2H3,(H2,34,36). The molecule has 0 saturated carbocycles. The van der Waals surface area contributed by atoms with Crippen molar-refractivity contribution >= 4 is 29.3 Å². The predicted octanol–water partition coefficient (Wildman–Crippen LogP) is 7.08. The van der Waals surface area contributed by atoms with E-state index >= 15 is 0 Å². The van der Waals surface area contributed by atoms with Crippen LogP contribution in [0.4, 0.5) is 37.7 Å². The number of primary amides is 1.